The Labute approximate surface area is 128 Å². The first-order valence-electron chi connectivity index (χ1n) is 6.95. The van der Waals surface area contributed by atoms with Crippen LogP contribution in [0.15, 0.2) is 49.1 Å². The number of aryl methyl sites for hydroxylation is 1. The number of ether oxygens (including phenoxy) is 1. The van der Waals surface area contributed by atoms with Crippen molar-refractivity contribution >= 4 is 5.69 Å². The molecular formula is C16H17N5O. The molecule has 0 atom stereocenters. The zero-order valence-corrected chi connectivity index (χ0v) is 12.5. The summed E-state index contributed by atoms with van der Waals surface area (Å²) in [5.74, 6) is 0.969. The SMILES string of the molecule is COc1ncc(CNc2ccc(-n3ccnc3C)cc2)cn1. The summed E-state index contributed by atoms with van der Waals surface area (Å²) in [6, 6.07) is 8.57. The van der Waals surface area contributed by atoms with Gasteiger partial charge in [-0.1, -0.05) is 0 Å². The lowest BCUT2D eigenvalue weighted by atomic mass is 10.2. The van der Waals surface area contributed by atoms with Crippen LogP contribution in [0, 0.1) is 6.92 Å². The van der Waals surface area contributed by atoms with Crippen molar-refractivity contribution in [1.29, 1.82) is 0 Å². The Morgan fingerprint density at radius 3 is 2.41 bits per heavy atom. The van der Waals surface area contributed by atoms with Crippen molar-refractivity contribution in [3.63, 3.8) is 0 Å². The largest absolute Gasteiger partial charge is 0.467 e. The summed E-state index contributed by atoms with van der Waals surface area (Å²) in [4.78, 5) is 12.4. The lowest BCUT2D eigenvalue weighted by Crippen LogP contribution is -2.02. The minimum Gasteiger partial charge on any atom is -0.467 e. The van der Waals surface area contributed by atoms with Gasteiger partial charge in [0.15, 0.2) is 0 Å². The van der Waals surface area contributed by atoms with Gasteiger partial charge in [0.05, 0.1) is 7.11 Å². The van der Waals surface area contributed by atoms with Crippen molar-refractivity contribution in [3.05, 3.63) is 60.4 Å². The van der Waals surface area contributed by atoms with E-state index in [2.05, 4.69) is 32.4 Å². The maximum atomic E-state index is 4.94. The highest BCUT2D eigenvalue weighted by atomic mass is 16.5. The van der Waals surface area contributed by atoms with Crippen molar-refractivity contribution in [2.24, 2.45) is 0 Å². The topological polar surface area (TPSA) is 64.9 Å². The van der Waals surface area contributed by atoms with E-state index in [1.807, 2.05) is 29.8 Å². The van der Waals surface area contributed by atoms with Crippen molar-refractivity contribution in [2.45, 2.75) is 13.5 Å². The summed E-state index contributed by atoms with van der Waals surface area (Å²) >= 11 is 0. The fraction of sp³-hybridized carbons (Fsp3) is 0.188. The van der Waals surface area contributed by atoms with Crippen LogP contribution in [0.5, 0.6) is 6.01 Å². The maximum absolute atomic E-state index is 4.94. The molecule has 22 heavy (non-hydrogen) atoms. The Morgan fingerprint density at radius 1 is 1.09 bits per heavy atom. The van der Waals surface area contributed by atoms with E-state index in [0.717, 1.165) is 22.8 Å². The maximum Gasteiger partial charge on any atom is 0.316 e. The van der Waals surface area contributed by atoms with Crippen LogP contribution >= 0.6 is 0 Å². The first-order valence-corrected chi connectivity index (χ1v) is 6.95. The quantitative estimate of drug-likeness (QED) is 0.783. The summed E-state index contributed by atoms with van der Waals surface area (Å²) in [6.45, 7) is 2.64. The molecule has 0 saturated carbocycles. The van der Waals surface area contributed by atoms with Crippen LogP contribution in [-0.4, -0.2) is 26.6 Å². The van der Waals surface area contributed by atoms with Gasteiger partial charge >= 0.3 is 6.01 Å². The van der Waals surface area contributed by atoms with E-state index >= 15 is 0 Å². The Morgan fingerprint density at radius 2 is 1.82 bits per heavy atom. The number of nitrogens with one attached hydrogen (secondary N) is 1. The highest BCUT2D eigenvalue weighted by molar-refractivity contribution is 5.49. The molecule has 112 valence electrons. The average molecular weight is 295 g/mol. The van der Waals surface area contributed by atoms with E-state index in [-0.39, 0.29) is 0 Å². The molecule has 0 aliphatic carbocycles. The number of methoxy groups -OCH3 is 1. The molecule has 2 aromatic heterocycles. The van der Waals surface area contributed by atoms with Gasteiger partial charge in [0.2, 0.25) is 0 Å². The number of nitrogens with zero attached hydrogens (tertiary/aromatic N) is 4. The van der Waals surface area contributed by atoms with E-state index in [1.54, 1.807) is 25.7 Å². The van der Waals surface area contributed by atoms with Gasteiger partial charge < -0.3 is 14.6 Å². The molecule has 1 N–H and O–H groups in total. The molecule has 0 radical (unpaired) electrons. The number of anilines is 1. The number of rotatable bonds is 5. The summed E-state index contributed by atoms with van der Waals surface area (Å²) in [5.41, 5.74) is 3.13. The van der Waals surface area contributed by atoms with Crippen LogP contribution in [0.2, 0.25) is 0 Å². The fourth-order valence-corrected chi connectivity index (χ4v) is 2.13. The van der Waals surface area contributed by atoms with E-state index in [0.29, 0.717) is 12.6 Å². The van der Waals surface area contributed by atoms with Gasteiger partial charge in [0.25, 0.3) is 0 Å². The van der Waals surface area contributed by atoms with Crippen LogP contribution in [0.3, 0.4) is 0 Å². The molecule has 3 rings (SSSR count). The molecule has 0 saturated heterocycles. The number of benzene rings is 1. The second-order valence-electron chi connectivity index (χ2n) is 4.82. The zero-order valence-electron chi connectivity index (χ0n) is 12.5. The lowest BCUT2D eigenvalue weighted by molar-refractivity contribution is 0.379. The van der Waals surface area contributed by atoms with Crippen LogP contribution in [0.1, 0.15) is 11.4 Å². The molecule has 1 aromatic carbocycles. The monoisotopic (exact) mass is 295 g/mol. The fourth-order valence-electron chi connectivity index (χ4n) is 2.13. The Bertz CT molecular complexity index is 734. The highest BCUT2D eigenvalue weighted by Crippen LogP contribution is 2.15. The van der Waals surface area contributed by atoms with Gasteiger partial charge in [0.1, 0.15) is 5.82 Å². The molecule has 6 nitrogen and oxygen atoms in total. The summed E-state index contributed by atoms with van der Waals surface area (Å²) in [7, 11) is 1.55. The number of aromatic nitrogens is 4. The average Bonchev–Trinajstić information content (AvgIpc) is 3.00. The van der Waals surface area contributed by atoms with Crippen molar-refractivity contribution in [2.75, 3.05) is 12.4 Å². The summed E-state index contributed by atoms with van der Waals surface area (Å²) < 4.78 is 6.98. The molecule has 2 heterocycles. The molecule has 0 spiro atoms. The molecule has 6 heteroatoms. The molecular weight excluding hydrogens is 278 g/mol. The van der Waals surface area contributed by atoms with Crippen molar-refractivity contribution in [1.82, 2.24) is 19.5 Å². The van der Waals surface area contributed by atoms with Gasteiger partial charge in [-0.05, 0) is 31.2 Å². The summed E-state index contributed by atoms with van der Waals surface area (Å²) in [5, 5.41) is 3.34. The van der Waals surface area contributed by atoms with E-state index in [9.17, 15) is 0 Å². The van der Waals surface area contributed by atoms with Crippen LogP contribution in [0.25, 0.3) is 5.69 Å². The van der Waals surface area contributed by atoms with Crippen molar-refractivity contribution < 1.29 is 4.74 Å². The Hall–Kier alpha value is -2.89. The lowest BCUT2D eigenvalue weighted by Gasteiger charge is -2.09. The molecule has 0 aliphatic heterocycles. The van der Waals surface area contributed by atoms with Crippen LogP contribution < -0.4 is 10.1 Å². The van der Waals surface area contributed by atoms with Crippen molar-refractivity contribution in [3.8, 4) is 11.7 Å². The minimum absolute atomic E-state index is 0.379. The molecule has 0 bridgehead atoms. The van der Waals surface area contributed by atoms with E-state index in [4.69, 9.17) is 4.74 Å². The molecule has 0 unspecified atom stereocenters. The predicted molar refractivity (Wildman–Crippen MR) is 84.2 cm³/mol. The normalized spacial score (nSPS) is 10.5. The zero-order chi connectivity index (χ0) is 15.4. The molecule has 0 aliphatic rings. The highest BCUT2D eigenvalue weighted by Gasteiger charge is 2.01. The molecule has 0 amide bonds. The number of hydrogen-bond acceptors (Lipinski definition) is 5. The smallest absolute Gasteiger partial charge is 0.316 e. The van der Waals surface area contributed by atoms with E-state index in [1.165, 1.54) is 0 Å². The van der Waals surface area contributed by atoms with Gasteiger partial charge in [-0.25, -0.2) is 15.0 Å². The second-order valence-corrected chi connectivity index (χ2v) is 4.82. The van der Waals surface area contributed by atoms with E-state index < -0.39 is 0 Å². The van der Waals surface area contributed by atoms with Gasteiger partial charge in [0, 0.05) is 48.3 Å². The van der Waals surface area contributed by atoms with Crippen LogP contribution in [-0.2, 0) is 6.54 Å². The number of imidazole rings is 1. The first kappa shape index (κ1) is 14.1. The third-order valence-electron chi connectivity index (χ3n) is 3.33. The predicted octanol–water partition coefficient (Wildman–Crippen LogP) is 2.59. The number of hydrogen-bond donors (Lipinski definition) is 1. The second kappa shape index (κ2) is 6.26. The Balaban J connectivity index is 1.64. The molecule has 0 fully saturated rings. The van der Waals surface area contributed by atoms with Gasteiger partial charge in [-0.3, -0.25) is 0 Å². The van der Waals surface area contributed by atoms with Crippen LogP contribution in [0.4, 0.5) is 5.69 Å². The summed E-state index contributed by atoms with van der Waals surface area (Å²) in [6.07, 6.45) is 7.25. The standard InChI is InChI=1S/C16H17N5O/c1-12-17-7-8-21(12)15-5-3-14(4-6-15)18-9-13-10-19-16(22-2)20-11-13/h3-8,10-11,18H,9H2,1-2H3. The first-order chi connectivity index (χ1) is 10.8. The van der Waals surface area contributed by atoms with Gasteiger partial charge in [-0.2, -0.15) is 0 Å². The Kier molecular flexibility index (Phi) is 4.00. The third kappa shape index (κ3) is 3.06. The van der Waals surface area contributed by atoms with Gasteiger partial charge in [-0.15, -0.1) is 0 Å². The minimum atomic E-state index is 0.379. The third-order valence-corrected chi connectivity index (χ3v) is 3.33. The molecule has 3 aromatic rings.